The quantitative estimate of drug-likeness (QED) is 0.375. The summed E-state index contributed by atoms with van der Waals surface area (Å²) in [5, 5.41) is 38.3. The number of nitrogens with zero attached hydrogens (tertiary/aromatic N) is 4. The van der Waals surface area contributed by atoms with Crippen LogP contribution in [0.15, 0.2) is 12.7 Å². The van der Waals surface area contributed by atoms with E-state index < -0.39 is 37.3 Å². The molecule has 2 aromatic rings. The van der Waals surface area contributed by atoms with Crippen molar-refractivity contribution in [1.82, 2.24) is 19.5 Å². The Labute approximate surface area is 136 Å². The van der Waals surface area contributed by atoms with Crippen LogP contribution in [0.5, 0.6) is 0 Å². The molecule has 1 fully saturated rings. The largest absolute Gasteiger partial charge is 0.394 e. The Kier molecular flexibility index (Phi) is 4.89. The number of nitrogens with two attached hydrogens (primary N) is 1. The lowest BCUT2D eigenvalue weighted by molar-refractivity contribution is -0.0795. The summed E-state index contributed by atoms with van der Waals surface area (Å²) in [5.74, 6) is 0.199. The van der Waals surface area contributed by atoms with Crippen LogP contribution in [0.25, 0.3) is 11.2 Å². The van der Waals surface area contributed by atoms with Crippen LogP contribution in [-0.2, 0) is 9.47 Å². The molecule has 132 valence electrons. The SMILES string of the molecule is Nc1ncnc2c1ncn2[C@@H]1O[C@H](COCC(O)CO)[C@@H](O)[C@H]1O. The summed E-state index contributed by atoms with van der Waals surface area (Å²) in [4.78, 5) is 12.0. The van der Waals surface area contributed by atoms with Crippen LogP contribution in [0.1, 0.15) is 6.23 Å². The Morgan fingerprint density at radius 1 is 1.29 bits per heavy atom. The molecule has 0 radical (unpaired) electrons. The van der Waals surface area contributed by atoms with Gasteiger partial charge in [0.25, 0.3) is 0 Å². The van der Waals surface area contributed by atoms with E-state index in [-0.39, 0.29) is 19.0 Å². The summed E-state index contributed by atoms with van der Waals surface area (Å²) in [5.41, 5.74) is 6.46. The first-order valence-corrected chi connectivity index (χ1v) is 7.34. The molecule has 0 saturated carbocycles. The van der Waals surface area contributed by atoms with Gasteiger partial charge < -0.3 is 35.6 Å². The molecular formula is C13H19N5O6. The second kappa shape index (κ2) is 6.93. The van der Waals surface area contributed by atoms with Gasteiger partial charge in [-0.1, -0.05) is 0 Å². The molecule has 6 N–H and O–H groups in total. The number of anilines is 1. The van der Waals surface area contributed by atoms with Gasteiger partial charge in [0.2, 0.25) is 0 Å². The summed E-state index contributed by atoms with van der Waals surface area (Å²) in [6, 6.07) is 0. The van der Waals surface area contributed by atoms with Crippen LogP contribution in [0.4, 0.5) is 5.82 Å². The number of rotatable bonds is 6. The highest BCUT2D eigenvalue weighted by Gasteiger charge is 2.44. The number of aliphatic hydroxyl groups is 4. The third kappa shape index (κ3) is 3.05. The average Bonchev–Trinajstić information content (AvgIpc) is 3.12. The van der Waals surface area contributed by atoms with Gasteiger partial charge in [-0.25, -0.2) is 15.0 Å². The van der Waals surface area contributed by atoms with E-state index in [0.29, 0.717) is 11.2 Å². The summed E-state index contributed by atoms with van der Waals surface area (Å²) in [6.45, 7) is -0.599. The molecule has 11 nitrogen and oxygen atoms in total. The average molecular weight is 341 g/mol. The van der Waals surface area contributed by atoms with Gasteiger partial charge in [-0.3, -0.25) is 4.57 Å². The van der Waals surface area contributed by atoms with Crippen LogP contribution in [0.3, 0.4) is 0 Å². The number of nitrogen functional groups attached to an aromatic ring is 1. The fraction of sp³-hybridized carbons (Fsp3) is 0.615. The van der Waals surface area contributed by atoms with E-state index in [1.165, 1.54) is 17.2 Å². The highest BCUT2D eigenvalue weighted by Crippen LogP contribution is 2.32. The second-order valence-electron chi connectivity index (χ2n) is 5.50. The monoisotopic (exact) mass is 341 g/mol. The number of aliphatic hydroxyl groups excluding tert-OH is 4. The predicted molar refractivity (Wildman–Crippen MR) is 79.6 cm³/mol. The van der Waals surface area contributed by atoms with Crippen LogP contribution < -0.4 is 5.73 Å². The first-order chi connectivity index (χ1) is 11.5. The van der Waals surface area contributed by atoms with Gasteiger partial charge in [-0.05, 0) is 0 Å². The number of ether oxygens (including phenoxy) is 2. The van der Waals surface area contributed by atoms with Crippen molar-refractivity contribution in [2.45, 2.75) is 30.6 Å². The summed E-state index contributed by atoms with van der Waals surface area (Å²) >= 11 is 0. The molecule has 1 aliphatic rings. The number of fused-ring (bicyclic) bond motifs is 1. The maximum absolute atomic E-state index is 10.2. The third-order valence-corrected chi connectivity index (χ3v) is 3.80. The lowest BCUT2D eigenvalue weighted by Gasteiger charge is -2.16. The molecule has 1 unspecified atom stereocenters. The highest BCUT2D eigenvalue weighted by atomic mass is 16.6. The molecule has 2 aromatic heterocycles. The number of imidazole rings is 1. The maximum Gasteiger partial charge on any atom is 0.167 e. The summed E-state index contributed by atoms with van der Waals surface area (Å²) < 4.78 is 12.3. The molecule has 11 heteroatoms. The number of aromatic nitrogens is 4. The van der Waals surface area contributed by atoms with Crippen molar-refractivity contribution in [3.8, 4) is 0 Å². The van der Waals surface area contributed by atoms with Crippen molar-refractivity contribution >= 4 is 17.0 Å². The zero-order valence-electron chi connectivity index (χ0n) is 12.6. The van der Waals surface area contributed by atoms with E-state index in [1.54, 1.807) is 0 Å². The van der Waals surface area contributed by atoms with Gasteiger partial charge >= 0.3 is 0 Å². The van der Waals surface area contributed by atoms with Crippen molar-refractivity contribution in [3.05, 3.63) is 12.7 Å². The minimum atomic E-state index is -1.23. The van der Waals surface area contributed by atoms with E-state index >= 15 is 0 Å². The van der Waals surface area contributed by atoms with E-state index in [2.05, 4.69) is 15.0 Å². The number of hydrogen-bond acceptors (Lipinski definition) is 10. The van der Waals surface area contributed by atoms with Crippen molar-refractivity contribution in [3.63, 3.8) is 0 Å². The Bertz CT molecular complexity index is 697. The van der Waals surface area contributed by atoms with Gasteiger partial charge in [0.15, 0.2) is 17.7 Å². The van der Waals surface area contributed by atoms with E-state index in [1.807, 2.05) is 0 Å². The molecule has 0 amide bonds. The smallest absolute Gasteiger partial charge is 0.167 e. The molecule has 0 spiro atoms. The maximum atomic E-state index is 10.2. The van der Waals surface area contributed by atoms with Crippen molar-refractivity contribution in [2.24, 2.45) is 0 Å². The minimum absolute atomic E-state index is 0.0600. The molecule has 5 atom stereocenters. The molecule has 3 heterocycles. The third-order valence-electron chi connectivity index (χ3n) is 3.80. The second-order valence-corrected chi connectivity index (χ2v) is 5.50. The van der Waals surface area contributed by atoms with E-state index in [9.17, 15) is 15.3 Å². The zero-order chi connectivity index (χ0) is 17.3. The van der Waals surface area contributed by atoms with Crippen LogP contribution >= 0.6 is 0 Å². The predicted octanol–water partition coefficient (Wildman–Crippen LogP) is -2.60. The van der Waals surface area contributed by atoms with E-state index in [0.717, 1.165) is 0 Å². The van der Waals surface area contributed by atoms with Gasteiger partial charge in [-0.2, -0.15) is 0 Å². The van der Waals surface area contributed by atoms with Gasteiger partial charge in [0.1, 0.15) is 36.3 Å². The highest BCUT2D eigenvalue weighted by molar-refractivity contribution is 5.81. The zero-order valence-corrected chi connectivity index (χ0v) is 12.6. The normalized spacial score (nSPS) is 28.5. The van der Waals surface area contributed by atoms with Crippen molar-refractivity contribution < 1.29 is 29.9 Å². The Balaban J connectivity index is 1.73. The lowest BCUT2D eigenvalue weighted by atomic mass is 10.1. The Morgan fingerprint density at radius 2 is 2.08 bits per heavy atom. The molecule has 24 heavy (non-hydrogen) atoms. The van der Waals surface area contributed by atoms with E-state index in [4.69, 9.17) is 20.3 Å². The first kappa shape index (κ1) is 17.0. The molecule has 1 aliphatic heterocycles. The fourth-order valence-electron chi connectivity index (χ4n) is 2.53. The van der Waals surface area contributed by atoms with Crippen LogP contribution in [-0.4, -0.2) is 84.2 Å². The lowest BCUT2D eigenvalue weighted by Crippen LogP contribution is -2.34. The molecule has 0 aliphatic carbocycles. The summed E-state index contributed by atoms with van der Waals surface area (Å²) in [6.07, 6.45) is -2.50. The molecule has 3 rings (SSSR count). The van der Waals surface area contributed by atoms with Gasteiger partial charge in [0.05, 0.1) is 26.1 Å². The first-order valence-electron chi connectivity index (χ1n) is 7.34. The molecule has 0 aromatic carbocycles. The van der Waals surface area contributed by atoms with Gasteiger partial charge in [0, 0.05) is 0 Å². The summed E-state index contributed by atoms with van der Waals surface area (Å²) in [7, 11) is 0. The topological polar surface area (TPSA) is 169 Å². The van der Waals surface area contributed by atoms with Crippen molar-refractivity contribution in [2.75, 3.05) is 25.6 Å². The Morgan fingerprint density at radius 3 is 2.83 bits per heavy atom. The van der Waals surface area contributed by atoms with Crippen LogP contribution in [0, 0.1) is 0 Å². The Hall–Kier alpha value is -1.89. The van der Waals surface area contributed by atoms with Crippen molar-refractivity contribution in [1.29, 1.82) is 0 Å². The minimum Gasteiger partial charge on any atom is -0.394 e. The van der Waals surface area contributed by atoms with Gasteiger partial charge in [-0.15, -0.1) is 0 Å². The fourth-order valence-corrected chi connectivity index (χ4v) is 2.53. The van der Waals surface area contributed by atoms with Crippen LogP contribution in [0.2, 0.25) is 0 Å². The molecule has 1 saturated heterocycles. The number of hydrogen-bond donors (Lipinski definition) is 5. The molecular weight excluding hydrogens is 322 g/mol. The molecule has 0 bridgehead atoms. The standard InChI is InChI=1S/C13H19N5O6/c14-11-8-12(16-4-15-11)18(5-17-8)13-10(22)9(21)7(24-13)3-23-2-6(20)1-19/h4-7,9-10,13,19-22H,1-3H2,(H2,14,15,16)/t6?,7-,9-,10-,13-/m1/s1.